The molecule has 0 atom stereocenters. The van der Waals surface area contributed by atoms with E-state index in [-0.39, 0.29) is 11.8 Å². The highest BCUT2D eigenvalue weighted by atomic mass is 79.9. The third-order valence-electron chi connectivity index (χ3n) is 3.74. The van der Waals surface area contributed by atoms with Crippen LogP contribution >= 0.6 is 27.5 Å². The van der Waals surface area contributed by atoms with Crippen molar-refractivity contribution in [3.05, 3.63) is 27.7 Å². The van der Waals surface area contributed by atoms with Crippen molar-refractivity contribution in [3.8, 4) is 0 Å². The molecule has 1 aromatic rings. The number of nitrogens with one attached hydrogen (secondary N) is 1. The molecule has 1 amide bonds. The molecular formula is C14H18BrClN2O. The molecule has 5 heteroatoms. The first-order valence-electron chi connectivity index (χ1n) is 6.56. The van der Waals surface area contributed by atoms with Gasteiger partial charge < -0.3 is 11.1 Å². The molecule has 0 aliphatic heterocycles. The zero-order chi connectivity index (χ0) is 13.8. The first-order valence-corrected chi connectivity index (χ1v) is 7.73. The summed E-state index contributed by atoms with van der Waals surface area (Å²) in [5, 5.41) is 3.61. The molecule has 0 spiro atoms. The molecule has 0 saturated heterocycles. The molecule has 1 aliphatic carbocycles. The lowest BCUT2D eigenvalue weighted by Crippen LogP contribution is -2.29. The highest BCUT2D eigenvalue weighted by Crippen LogP contribution is 2.31. The van der Waals surface area contributed by atoms with Crippen LogP contribution in [0.1, 0.15) is 25.7 Å². The van der Waals surface area contributed by atoms with Gasteiger partial charge in [0.1, 0.15) is 0 Å². The average Bonchev–Trinajstić information content (AvgIpc) is 2.42. The number of rotatable bonds is 3. The van der Waals surface area contributed by atoms with E-state index in [9.17, 15) is 4.79 Å². The maximum Gasteiger partial charge on any atom is 0.227 e. The van der Waals surface area contributed by atoms with Crippen molar-refractivity contribution in [1.82, 2.24) is 0 Å². The summed E-state index contributed by atoms with van der Waals surface area (Å²) in [6, 6.07) is 5.37. The van der Waals surface area contributed by atoms with Gasteiger partial charge in [-0.25, -0.2) is 0 Å². The van der Waals surface area contributed by atoms with Gasteiger partial charge in [0.15, 0.2) is 0 Å². The summed E-state index contributed by atoms with van der Waals surface area (Å²) in [7, 11) is 0. The summed E-state index contributed by atoms with van der Waals surface area (Å²) < 4.78 is 0.809. The molecule has 0 aromatic heterocycles. The Morgan fingerprint density at radius 2 is 2.05 bits per heavy atom. The molecular weight excluding hydrogens is 328 g/mol. The third kappa shape index (κ3) is 3.94. The molecule has 3 nitrogen and oxygen atoms in total. The summed E-state index contributed by atoms with van der Waals surface area (Å²) in [6.45, 7) is 0.733. The number of carbonyl (C=O) groups excluding carboxylic acids is 1. The molecule has 1 fully saturated rings. The molecule has 0 bridgehead atoms. The van der Waals surface area contributed by atoms with Crippen LogP contribution in [0.25, 0.3) is 0 Å². The van der Waals surface area contributed by atoms with Crippen molar-refractivity contribution in [2.45, 2.75) is 25.7 Å². The van der Waals surface area contributed by atoms with E-state index in [1.54, 1.807) is 12.1 Å². The largest absolute Gasteiger partial charge is 0.330 e. The number of carbonyl (C=O) groups is 1. The lowest BCUT2D eigenvalue weighted by molar-refractivity contribution is -0.121. The van der Waals surface area contributed by atoms with Gasteiger partial charge in [0.05, 0.1) is 5.69 Å². The SMILES string of the molecule is NCC1CCC(C(=O)Nc2ccc(Cl)cc2Br)CC1. The Hall–Kier alpha value is -0.580. The number of anilines is 1. The molecule has 0 unspecified atom stereocenters. The standard InChI is InChI=1S/C14H18BrClN2O/c15-12-7-11(16)5-6-13(12)18-14(19)10-3-1-9(8-17)2-4-10/h5-7,9-10H,1-4,8,17H2,(H,18,19). The van der Waals surface area contributed by atoms with E-state index in [0.29, 0.717) is 10.9 Å². The number of benzene rings is 1. The van der Waals surface area contributed by atoms with Crippen LogP contribution in [0.5, 0.6) is 0 Å². The predicted octanol–water partition coefficient (Wildman–Crippen LogP) is 3.81. The highest BCUT2D eigenvalue weighted by molar-refractivity contribution is 9.10. The molecule has 3 N–H and O–H groups in total. The number of amides is 1. The van der Waals surface area contributed by atoms with Crippen LogP contribution in [-0.4, -0.2) is 12.5 Å². The van der Waals surface area contributed by atoms with E-state index in [4.69, 9.17) is 17.3 Å². The summed E-state index contributed by atoms with van der Waals surface area (Å²) in [4.78, 5) is 12.2. The van der Waals surface area contributed by atoms with Crippen molar-refractivity contribution in [2.75, 3.05) is 11.9 Å². The minimum Gasteiger partial charge on any atom is -0.330 e. The van der Waals surface area contributed by atoms with Crippen molar-refractivity contribution in [2.24, 2.45) is 17.6 Å². The number of hydrogen-bond acceptors (Lipinski definition) is 2. The van der Waals surface area contributed by atoms with Gasteiger partial charge >= 0.3 is 0 Å². The van der Waals surface area contributed by atoms with Crippen LogP contribution in [0.3, 0.4) is 0 Å². The van der Waals surface area contributed by atoms with Crippen LogP contribution in [0, 0.1) is 11.8 Å². The van der Waals surface area contributed by atoms with Crippen LogP contribution in [0.2, 0.25) is 5.02 Å². The zero-order valence-corrected chi connectivity index (χ0v) is 13.0. The summed E-state index contributed by atoms with van der Waals surface area (Å²) in [5.74, 6) is 0.787. The second kappa shape index (κ2) is 6.73. The lowest BCUT2D eigenvalue weighted by atomic mass is 9.81. The first-order chi connectivity index (χ1) is 9.10. The monoisotopic (exact) mass is 344 g/mol. The topological polar surface area (TPSA) is 55.1 Å². The minimum atomic E-state index is 0.0958. The molecule has 1 saturated carbocycles. The molecule has 1 aliphatic rings. The number of nitrogens with two attached hydrogens (primary N) is 1. The van der Waals surface area contributed by atoms with E-state index in [1.807, 2.05) is 6.07 Å². The van der Waals surface area contributed by atoms with Crippen molar-refractivity contribution < 1.29 is 4.79 Å². The van der Waals surface area contributed by atoms with Crippen LogP contribution in [-0.2, 0) is 4.79 Å². The second-order valence-electron chi connectivity index (χ2n) is 5.07. The van der Waals surface area contributed by atoms with Crippen molar-refractivity contribution in [1.29, 1.82) is 0 Å². The summed E-state index contributed by atoms with van der Waals surface area (Å²) in [5.41, 5.74) is 6.44. The highest BCUT2D eigenvalue weighted by Gasteiger charge is 2.25. The van der Waals surface area contributed by atoms with Crippen LogP contribution < -0.4 is 11.1 Å². The van der Waals surface area contributed by atoms with E-state index in [1.165, 1.54) is 0 Å². The number of halogens is 2. The molecule has 0 heterocycles. The fraction of sp³-hybridized carbons (Fsp3) is 0.500. The third-order valence-corrected chi connectivity index (χ3v) is 4.63. The Labute approximate surface area is 127 Å². The van der Waals surface area contributed by atoms with E-state index < -0.39 is 0 Å². The lowest BCUT2D eigenvalue weighted by Gasteiger charge is -2.26. The molecule has 19 heavy (non-hydrogen) atoms. The van der Waals surface area contributed by atoms with E-state index in [0.717, 1.165) is 42.4 Å². The first kappa shape index (κ1) is 14.8. The molecule has 1 aromatic carbocycles. The van der Waals surface area contributed by atoms with Gasteiger partial charge in [-0.1, -0.05) is 11.6 Å². The predicted molar refractivity (Wildman–Crippen MR) is 82.3 cm³/mol. The molecule has 104 valence electrons. The Kier molecular flexibility index (Phi) is 5.25. The quantitative estimate of drug-likeness (QED) is 0.875. The van der Waals surface area contributed by atoms with Gasteiger partial charge in [-0.3, -0.25) is 4.79 Å². The molecule has 0 radical (unpaired) electrons. The van der Waals surface area contributed by atoms with Crippen molar-refractivity contribution >= 4 is 39.1 Å². The normalized spacial score (nSPS) is 23.1. The van der Waals surface area contributed by atoms with Gasteiger partial charge in [0, 0.05) is 15.4 Å². The van der Waals surface area contributed by atoms with E-state index >= 15 is 0 Å². The van der Waals surface area contributed by atoms with Gasteiger partial charge in [-0.2, -0.15) is 0 Å². The minimum absolute atomic E-state index is 0.0958. The Bertz CT molecular complexity index is 459. The fourth-order valence-corrected chi connectivity index (χ4v) is 3.27. The number of hydrogen-bond donors (Lipinski definition) is 2. The van der Waals surface area contributed by atoms with Crippen LogP contribution in [0.15, 0.2) is 22.7 Å². The van der Waals surface area contributed by atoms with Gasteiger partial charge in [-0.15, -0.1) is 0 Å². The average molecular weight is 346 g/mol. The smallest absolute Gasteiger partial charge is 0.227 e. The summed E-state index contributed by atoms with van der Waals surface area (Å²) >= 11 is 9.28. The van der Waals surface area contributed by atoms with E-state index in [2.05, 4.69) is 21.2 Å². The summed E-state index contributed by atoms with van der Waals surface area (Å²) in [6.07, 6.45) is 3.96. The van der Waals surface area contributed by atoms with Crippen molar-refractivity contribution in [3.63, 3.8) is 0 Å². The van der Waals surface area contributed by atoms with Gasteiger partial charge in [-0.05, 0) is 72.3 Å². The maximum absolute atomic E-state index is 12.2. The molecule has 2 rings (SSSR count). The Balaban J connectivity index is 1.94. The Morgan fingerprint density at radius 1 is 1.37 bits per heavy atom. The Morgan fingerprint density at radius 3 is 2.63 bits per heavy atom. The second-order valence-corrected chi connectivity index (χ2v) is 6.36. The van der Waals surface area contributed by atoms with Crippen LogP contribution in [0.4, 0.5) is 5.69 Å². The fourth-order valence-electron chi connectivity index (χ4n) is 2.49. The van der Waals surface area contributed by atoms with Gasteiger partial charge in [0.25, 0.3) is 0 Å². The maximum atomic E-state index is 12.2. The zero-order valence-electron chi connectivity index (χ0n) is 10.7. The van der Waals surface area contributed by atoms with Gasteiger partial charge in [0.2, 0.25) is 5.91 Å².